The molecular formula is C56H37N3O. The second kappa shape index (κ2) is 13.2. The summed E-state index contributed by atoms with van der Waals surface area (Å²) < 4.78 is 6.52. The van der Waals surface area contributed by atoms with Crippen LogP contribution in [0.1, 0.15) is 25.0 Å². The number of furan rings is 1. The van der Waals surface area contributed by atoms with Crippen LogP contribution in [0.15, 0.2) is 192 Å². The zero-order valence-corrected chi connectivity index (χ0v) is 33.1. The van der Waals surface area contributed by atoms with Crippen LogP contribution < -0.4 is 0 Å². The largest absolute Gasteiger partial charge is 0.455 e. The maximum Gasteiger partial charge on any atom is 0.167 e. The van der Waals surface area contributed by atoms with Crippen LogP contribution in [0.3, 0.4) is 0 Å². The van der Waals surface area contributed by atoms with Crippen molar-refractivity contribution in [1.29, 1.82) is 0 Å². The number of fused-ring (bicyclic) bond motifs is 9. The Morgan fingerprint density at radius 2 is 0.967 bits per heavy atom. The van der Waals surface area contributed by atoms with Gasteiger partial charge in [0.15, 0.2) is 17.5 Å². The van der Waals surface area contributed by atoms with Crippen LogP contribution in [0.25, 0.3) is 111 Å². The van der Waals surface area contributed by atoms with Gasteiger partial charge in [-0.05, 0) is 84.3 Å². The number of aromatic nitrogens is 3. The number of para-hydroxylation sites is 2. The molecule has 1 aliphatic carbocycles. The maximum absolute atomic E-state index is 6.52. The Labute approximate surface area is 347 Å². The summed E-state index contributed by atoms with van der Waals surface area (Å²) in [6, 6.07) is 66.7. The normalized spacial score (nSPS) is 13.0. The third kappa shape index (κ3) is 5.27. The molecule has 1 aliphatic rings. The molecule has 0 bridgehead atoms. The lowest BCUT2D eigenvalue weighted by Gasteiger charge is -2.21. The summed E-state index contributed by atoms with van der Waals surface area (Å²) in [6.07, 6.45) is 0. The summed E-state index contributed by atoms with van der Waals surface area (Å²) in [7, 11) is 0. The van der Waals surface area contributed by atoms with Crippen LogP contribution in [-0.4, -0.2) is 15.0 Å². The van der Waals surface area contributed by atoms with Crippen molar-refractivity contribution >= 4 is 43.5 Å². The fourth-order valence-corrected chi connectivity index (χ4v) is 9.60. The van der Waals surface area contributed by atoms with Crippen LogP contribution >= 0.6 is 0 Å². The quantitative estimate of drug-likeness (QED) is 0.164. The predicted molar refractivity (Wildman–Crippen MR) is 247 cm³/mol. The standard InChI is InChI=1S/C56H37N3O/c1-56(2)47-24-7-5-19-45(47)51-41(21-12-25-48(51)56)35-28-31-37(32-29-35)53-57-54(59-55(58-53)46-23-11-22-44-43-18-6-8-26-49(43)60-52(44)46)39-16-9-15-38(33-39)42-20-10-14-36-30-27-34-13-3-4-17-40(34)50(36)42/h3-33H,1-2H3. The summed E-state index contributed by atoms with van der Waals surface area (Å²) in [4.78, 5) is 15.7. The van der Waals surface area contributed by atoms with E-state index < -0.39 is 0 Å². The Morgan fingerprint density at radius 1 is 0.383 bits per heavy atom. The van der Waals surface area contributed by atoms with Crippen LogP contribution in [0.2, 0.25) is 0 Å². The van der Waals surface area contributed by atoms with Gasteiger partial charge in [0.05, 0.1) is 5.56 Å². The summed E-state index contributed by atoms with van der Waals surface area (Å²) in [6.45, 7) is 4.65. The Balaban J connectivity index is 1.02. The molecule has 4 heteroatoms. The highest BCUT2D eigenvalue weighted by Crippen LogP contribution is 2.52. The second-order valence-corrected chi connectivity index (χ2v) is 16.3. The van der Waals surface area contributed by atoms with Gasteiger partial charge >= 0.3 is 0 Å². The Kier molecular flexibility index (Phi) is 7.54. The van der Waals surface area contributed by atoms with E-state index in [0.717, 1.165) is 49.8 Å². The first-order chi connectivity index (χ1) is 29.5. The van der Waals surface area contributed by atoms with Crippen LogP contribution in [0.4, 0.5) is 0 Å². The molecular weight excluding hydrogens is 731 g/mol. The molecule has 2 aromatic heterocycles. The third-order valence-corrected chi connectivity index (χ3v) is 12.5. The van der Waals surface area contributed by atoms with Gasteiger partial charge in [-0.2, -0.15) is 0 Å². The average Bonchev–Trinajstić information content (AvgIpc) is 3.81. The van der Waals surface area contributed by atoms with Gasteiger partial charge in [0.1, 0.15) is 11.2 Å². The van der Waals surface area contributed by atoms with E-state index in [1.807, 2.05) is 24.3 Å². The van der Waals surface area contributed by atoms with Crippen molar-refractivity contribution in [3.8, 4) is 67.5 Å². The number of hydrogen-bond donors (Lipinski definition) is 0. The first-order valence-corrected chi connectivity index (χ1v) is 20.5. The molecule has 2 heterocycles. The second-order valence-electron chi connectivity index (χ2n) is 16.3. The first kappa shape index (κ1) is 34.4. The number of nitrogens with zero attached hydrogens (tertiary/aromatic N) is 3. The van der Waals surface area contributed by atoms with Gasteiger partial charge in [-0.25, -0.2) is 15.0 Å². The monoisotopic (exact) mass is 767 g/mol. The van der Waals surface area contributed by atoms with Gasteiger partial charge in [-0.3, -0.25) is 0 Å². The number of rotatable bonds is 5. The molecule has 11 aromatic rings. The van der Waals surface area contributed by atoms with Crippen molar-refractivity contribution in [2.24, 2.45) is 0 Å². The van der Waals surface area contributed by atoms with Crippen molar-refractivity contribution in [1.82, 2.24) is 15.0 Å². The van der Waals surface area contributed by atoms with E-state index in [9.17, 15) is 0 Å². The lowest BCUT2D eigenvalue weighted by Crippen LogP contribution is -2.14. The molecule has 4 nitrogen and oxygen atoms in total. The van der Waals surface area contributed by atoms with E-state index in [0.29, 0.717) is 17.5 Å². The van der Waals surface area contributed by atoms with Crippen molar-refractivity contribution < 1.29 is 4.42 Å². The van der Waals surface area contributed by atoms with E-state index in [4.69, 9.17) is 19.4 Å². The van der Waals surface area contributed by atoms with Crippen LogP contribution in [-0.2, 0) is 5.41 Å². The van der Waals surface area contributed by atoms with Gasteiger partial charge in [-0.15, -0.1) is 0 Å². The summed E-state index contributed by atoms with van der Waals surface area (Å²) >= 11 is 0. The highest BCUT2D eigenvalue weighted by atomic mass is 16.3. The number of hydrogen-bond acceptors (Lipinski definition) is 4. The lowest BCUT2D eigenvalue weighted by molar-refractivity contribution is 0.660. The smallest absolute Gasteiger partial charge is 0.167 e. The Bertz CT molecular complexity index is 3520. The average molecular weight is 768 g/mol. The molecule has 0 unspecified atom stereocenters. The molecule has 282 valence electrons. The molecule has 0 spiro atoms. The fourth-order valence-electron chi connectivity index (χ4n) is 9.60. The highest BCUT2D eigenvalue weighted by molar-refractivity contribution is 6.14. The van der Waals surface area contributed by atoms with Gasteiger partial charge in [0.2, 0.25) is 0 Å². The molecule has 0 N–H and O–H groups in total. The lowest BCUT2D eigenvalue weighted by atomic mass is 9.82. The highest BCUT2D eigenvalue weighted by Gasteiger charge is 2.36. The van der Waals surface area contributed by atoms with Crippen molar-refractivity contribution in [3.05, 3.63) is 199 Å². The number of benzene rings is 9. The zero-order chi connectivity index (χ0) is 40.0. The summed E-state index contributed by atoms with van der Waals surface area (Å²) in [5.74, 6) is 1.75. The molecule has 0 saturated heterocycles. The molecule has 60 heavy (non-hydrogen) atoms. The maximum atomic E-state index is 6.52. The molecule has 0 radical (unpaired) electrons. The van der Waals surface area contributed by atoms with Gasteiger partial charge < -0.3 is 4.42 Å². The van der Waals surface area contributed by atoms with Crippen LogP contribution in [0.5, 0.6) is 0 Å². The van der Waals surface area contributed by atoms with Crippen LogP contribution in [0, 0.1) is 0 Å². The molecule has 12 rings (SSSR count). The first-order valence-electron chi connectivity index (χ1n) is 20.5. The predicted octanol–water partition coefficient (Wildman–Crippen LogP) is 14.7. The third-order valence-electron chi connectivity index (χ3n) is 12.5. The SMILES string of the molecule is CC1(C)c2ccccc2-c2c(-c3ccc(-c4nc(-c5cccc(-c6cccc7ccc8ccccc8c67)c5)nc(-c5cccc6c5oc5ccccc56)n4)cc3)cccc21. The molecule has 9 aromatic carbocycles. The van der Waals surface area contributed by atoms with Gasteiger partial charge in [-0.1, -0.05) is 184 Å². The summed E-state index contributed by atoms with van der Waals surface area (Å²) in [5, 5.41) is 6.98. The van der Waals surface area contributed by atoms with Gasteiger partial charge in [0, 0.05) is 27.3 Å². The topological polar surface area (TPSA) is 51.8 Å². The van der Waals surface area contributed by atoms with Crippen molar-refractivity contribution in [2.45, 2.75) is 19.3 Å². The van der Waals surface area contributed by atoms with E-state index in [1.165, 1.54) is 54.9 Å². The molecule has 0 fully saturated rings. The molecule has 0 amide bonds. The fraction of sp³-hybridized carbons (Fsp3) is 0.0536. The minimum Gasteiger partial charge on any atom is -0.455 e. The zero-order valence-electron chi connectivity index (χ0n) is 33.1. The molecule has 0 aliphatic heterocycles. The molecule has 0 saturated carbocycles. The van der Waals surface area contributed by atoms with E-state index >= 15 is 0 Å². The van der Waals surface area contributed by atoms with E-state index in [1.54, 1.807) is 0 Å². The van der Waals surface area contributed by atoms with Crippen molar-refractivity contribution in [3.63, 3.8) is 0 Å². The van der Waals surface area contributed by atoms with Crippen molar-refractivity contribution in [2.75, 3.05) is 0 Å². The van der Waals surface area contributed by atoms with E-state index in [2.05, 4.69) is 178 Å². The minimum absolute atomic E-state index is 0.0685. The minimum atomic E-state index is -0.0685. The Hall–Kier alpha value is -7.69. The van der Waals surface area contributed by atoms with Gasteiger partial charge in [0.25, 0.3) is 0 Å². The molecule has 0 atom stereocenters. The van der Waals surface area contributed by atoms with E-state index in [-0.39, 0.29) is 5.41 Å². The summed E-state index contributed by atoms with van der Waals surface area (Å²) in [5.41, 5.74) is 14.2. The Morgan fingerprint density at radius 3 is 1.87 bits per heavy atom.